The largest absolute Gasteiger partial charge is 0.489 e. The number of aromatic nitrogens is 2. The molecule has 37 heavy (non-hydrogen) atoms. The second kappa shape index (κ2) is 9.45. The van der Waals surface area contributed by atoms with Gasteiger partial charge in [0.2, 0.25) is 0 Å². The number of ether oxygens (including phenoxy) is 2. The third-order valence-electron chi connectivity index (χ3n) is 8.58. The van der Waals surface area contributed by atoms with Gasteiger partial charge in [-0.25, -0.2) is 9.97 Å². The molecule has 1 spiro atoms. The van der Waals surface area contributed by atoms with E-state index in [1.807, 2.05) is 0 Å². The zero-order valence-electron chi connectivity index (χ0n) is 21.8. The fourth-order valence-corrected chi connectivity index (χ4v) is 7.02. The lowest BCUT2D eigenvalue weighted by molar-refractivity contribution is -0.164. The minimum Gasteiger partial charge on any atom is -0.489 e. The Bertz CT molecular complexity index is 1190. The van der Waals surface area contributed by atoms with Crippen LogP contribution in [0.3, 0.4) is 0 Å². The summed E-state index contributed by atoms with van der Waals surface area (Å²) in [6, 6.07) is 7.30. The Kier molecular flexibility index (Phi) is 6.57. The Balaban J connectivity index is 1.18. The summed E-state index contributed by atoms with van der Waals surface area (Å²) >= 11 is 6.18. The van der Waals surface area contributed by atoms with E-state index in [4.69, 9.17) is 26.3 Å². The van der Waals surface area contributed by atoms with Crippen molar-refractivity contribution in [1.82, 2.24) is 20.6 Å². The number of nitriles is 1. The number of benzene rings is 1. The van der Waals surface area contributed by atoms with Gasteiger partial charge in [0, 0.05) is 35.3 Å². The number of nitrogens with zero attached hydrogens (tertiary/aromatic N) is 3. The predicted octanol–water partition coefficient (Wildman–Crippen LogP) is 4.52. The molecular formula is C28H34ClN5O3. The van der Waals surface area contributed by atoms with Gasteiger partial charge in [-0.05, 0) is 56.3 Å². The first-order chi connectivity index (χ1) is 17.5. The molecule has 1 aromatic heterocycles. The molecule has 3 aliphatic rings. The number of carbonyl (C=O) groups is 1. The van der Waals surface area contributed by atoms with Gasteiger partial charge in [0.25, 0.3) is 5.91 Å². The summed E-state index contributed by atoms with van der Waals surface area (Å²) in [5.41, 5.74) is 0.525. The number of hydrogen-bond acceptors (Lipinski definition) is 7. The first kappa shape index (κ1) is 25.7. The quantitative estimate of drug-likeness (QED) is 0.572. The number of piperidine rings is 1. The van der Waals surface area contributed by atoms with E-state index in [9.17, 15) is 4.79 Å². The first-order valence-corrected chi connectivity index (χ1v) is 13.3. The second-order valence-electron chi connectivity index (χ2n) is 12.0. The minimum absolute atomic E-state index is 0.140. The topological polar surface area (TPSA) is 109 Å². The zero-order chi connectivity index (χ0) is 26.4. The molecule has 9 heteroatoms. The summed E-state index contributed by atoms with van der Waals surface area (Å²) < 4.78 is 12.3. The van der Waals surface area contributed by atoms with Crippen LogP contribution in [-0.4, -0.2) is 47.2 Å². The highest BCUT2D eigenvalue weighted by Crippen LogP contribution is 2.55. The molecule has 0 atom stereocenters. The van der Waals surface area contributed by atoms with Crippen LogP contribution in [-0.2, 0) is 0 Å². The molecule has 3 fully saturated rings. The molecule has 1 aliphatic heterocycles. The average Bonchev–Trinajstić information content (AvgIpc) is 2.85. The van der Waals surface area contributed by atoms with Crippen molar-refractivity contribution in [1.29, 1.82) is 5.26 Å². The van der Waals surface area contributed by atoms with Crippen molar-refractivity contribution in [2.24, 2.45) is 16.2 Å². The van der Waals surface area contributed by atoms with Crippen molar-refractivity contribution < 1.29 is 14.3 Å². The van der Waals surface area contributed by atoms with Gasteiger partial charge in [-0.15, -0.1) is 0 Å². The van der Waals surface area contributed by atoms with Crippen LogP contribution in [0.25, 0.3) is 0 Å². The van der Waals surface area contributed by atoms with Gasteiger partial charge in [0.15, 0.2) is 0 Å². The molecular weight excluding hydrogens is 490 g/mol. The third kappa shape index (κ3) is 4.75. The zero-order valence-corrected chi connectivity index (χ0v) is 22.6. The van der Waals surface area contributed by atoms with Crippen molar-refractivity contribution in [2.45, 2.75) is 71.6 Å². The molecule has 2 N–H and O–H groups in total. The lowest BCUT2D eigenvalue weighted by Crippen LogP contribution is -2.74. The average molecular weight is 524 g/mol. The van der Waals surface area contributed by atoms with E-state index in [1.165, 1.54) is 25.2 Å². The minimum atomic E-state index is -0.349. The Morgan fingerprint density at radius 3 is 2.35 bits per heavy atom. The molecule has 0 bridgehead atoms. The summed E-state index contributed by atoms with van der Waals surface area (Å²) in [7, 11) is 0. The highest BCUT2D eigenvalue weighted by molar-refractivity contribution is 6.31. The smallest absolute Gasteiger partial charge is 0.316 e. The fraction of sp³-hybridized carbons (Fsp3) is 0.571. The molecule has 2 saturated carbocycles. The molecule has 8 nitrogen and oxygen atoms in total. The van der Waals surface area contributed by atoms with Gasteiger partial charge >= 0.3 is 6.01 Å². The van der Waals surface area contributed by atoms with E-state index < -0.39 is 0 Å². The van der Waals surface area contributed by atoms with Gasteiger partial charge in [0.05, 0.1) is 16.1 Å². The van der Waals surface area contributed by atoms with E-state index >= 15 is 0 Å². The van der Waals surface area contributed by atoms with Crippen LogP contribution in [0, 0.1) is 27.6 Å². The predicted molar refractivity (Wildman–Crippen MR) is 140 cm³/mol. The van der Waals surface area contributed by atoms with Gasteiger partial charge in [-0.3, -0.25) is 4.79 Å². The molecule has 1 aromatic carbocycles. The van der Waals surface area contributed by atoms with Crippen LogP contribution < -0.4 is 20.1 Å². The molecule has 2 heterocycles. The molecule has 0 unspecified atom stereocenters. The lowest BCUT2D eigenvalue weighted by atomic mass is 9.49. The van der Waals surface area contributed by atoms with Crippen LogP contribution in [0.2, 0.25) is 5.02 Å². The normalized spacial score (nSPS) is 25.3. The molecule has 0 radical (unpaired) electrons. The van der Waals surface area contributed by atoms with Crippen LogP contribution in [0.15, 0.2) is 30.6 Å². The third-order valence-corrected chi connectivity index (χ3v) is 8.89. The summed E-state index contributed by atoms with van der Waals surface area (Å²) in [5, 5.41) is 16.0. The van der Waals surface area contributed by atoms with Crippen LogP contribution >= 0.6 is 11.6 Å². The van der Waals surface area contributed by atoms with Gasteiger partial charge in [0.1, 0.15) is 24.0 Å². The second-order valence-corrected chi connectivity index (χ2v) is 12.4. The fourth-order valence-electron chi connectivity index (χ4n) is 6.81. The number of carbonyl (C=O) groups excluding carboxylic acids is 1. The maximum atomic E-state index is 13.1. The van der Waals surface area contributed by atoms with Crippen molar-refractivity contribution in [2.75, 3.05) is 13.1 Å². The number of nitrogens with one attached hydrogen (secondary N) is 2. The highest BCUT2D eigenvalue weighted by atomic mass is 35.5. The number of amides is 1. The van der Waals surface area contributed by atoms with E-state index in [0.717, 1.165) is 25.9 Å². The maximum absolute atomic E-state index is 13.1. The Hall–Kier alpha value is -2.89. The SMILES string of the molecule is CC1(C)C(NC(=O)c2cnc(OC3CC4(CCNCC4)C3)nc2)C(C)(C)C1Oc1ccc(C#N)c(Cl)c1. The van der Waals surface area contributed by atoms with E-state index in [2.05, 4.69) is 54.4 Å². The van der Waals surface area contributed by atoms with E-state index in [-0.39, 0.29) is 35.0 Å². The van der Waals surface area contributed by atoms with Gasteiger partial charge < -0.3 is 20.1 Å². The molecule has 5 rings (SSSR count). The Morgan fingerprint density at radius 2 is 1.76 bits per heavy atom. The van der Waals surface area contributed by atoms with Crippen molar-refractivity contribution in [3.05, 3.63) is 46.7 Å². The maximum Gasteiger partial charge on any atom is 0.316 e. The summed E-state index contributed by atoms with van der Waals surface area (Å²) in [4.78, 5) is 21.7. The number of halogens is 1. The first-order valence-electron chi connectivity index (χ1n) is 12.9. The van der Waals surface area contributed by atoms with E-state index in [1.54, 1.807) is 18.2 Å². The molecule has 1 amide bonds. The summed E-state index contributed by atoms with van der Waals surface area (Å²) in [6.45, 7) is 10.4. The molecule has 2 aromatic rings. The van der Waals surface area contributed by atoms with E-state index in [0.29, 0.717) is 33.3 Å². The van der Waals surface area contributed by atoms with Crippen molar-refractivity contribution in [3.63, 3.8) is 0 Å². The molecule has 2 aliphatic carbocycles. The molecule has 196 valence electrons. The molecule has 1 saturated heterocycles. The van der Waals surface area contributed by atoms with Gasteiger partial charge in [-0.2, -0.15) is 5.26 Å². The lowest BCUT2D eigenvalue weighted by Gasteiger charge is -2.63. The number of rotatable bonds is 6. The standard InChI is InChI=1S/C28H34ClN5O3/c1-26(2)23(27(3,4)24(26)36-19-6-5-17(14-30)21(29)11-19)34-22(35)18-15-32-25(33-16-18)37-20-12-28(13-20)7-9-31-10-8-28/h5-6,11,15-16,20,23-24,31H,7-10,12-13H2,1-4H3,(H,34,35). The summed E-state index contributed by atoms with van der Waals surface area (Å²) in [5.74, 6) is 0.372. The number of hydrogen-bond donors (Lipinski definition) is 2. The Labute approximate surface area is 223 Å². The van der Waals surface area contributed by atoms with Crippen molar-refractivity contribution in [3.8, 4) is 17.8 Å². The highest BCUT2D eigenvalue weighted by Gasteiger charge is 2.64. The van der Waals surface area contributed by atoms with Gasteiger partial charge in [-0.1, -0.05) is 39.3 Å². The summed E-state index contributed by atoms with van der Waals surface area (Å²) in [6.07, 6.45) is 7.53. The Morgan fingerprint density at radius 1 is 1.11 bits per heavy atom. The van der Waals surface area contributed by atoms with Crippen LogP contribution in [0.5, 0.6) is 11.8 Å². The monoisotopic (exact) mass is 523 g/mol. The van der Waals surface area contributed by atoms with Crippen LogP contribution in [0.4, 0.5) is 0 Å². The van der Waals surface area contributed by atoms with Crippen LogP contribution in [0.1, 0.15) is 69.3 Å². The van der Waals surface area contributed by atoms with Crippen molar-refractivity contribution >= 4 is 17.5 Å².